The van der Waals surface area contributed by atoms with Crippen molar-refractivity contribution in [2.45, 2.75) is 37.5 Å². The van der Waals surface area contributed by atoms with Gasteiger partial charge in [0.05, 0.1) is 13.2 Å². The maximum atomic E-state index is 14.0. The molecule has 1 aromatic heterocycles. The highest BCUT2D eigenvalue weighted by molar-refractivity contribution is 7.98. The molecule has 0 saturated heterocycles. The smallest absolute Gasteiger partial charge is 0.255 e. The number of benzene rings is 3. The molecule has 3 aromatic carbocycles. The Morgan fingerprint density at radius 3 is 2.66 bits per heavy atom. The number of rotatable bonds is 9. The summed E-state index contributed by atoms with van der Waals surface area (Å²) in [5, 5.41) is 7.03. The number of amides is 3. The van der Waals surface area contributed by atoms with Gasteiger partial charge < -0.3 is 25.3 Å². The Bertz CT molecular complexity index is 1630. The monoisotopic (exact) mass is 568 g/mol. The molecule has 3 heterocycles. The predicted octanol–water partition coefficient (Wildman–Crippen LogP) is 4.20. The zero-order valence-corrected chi connectivity index (χ0v) is 23.8. The number of thioether (sulfide) groups is 1. The molecule has 0 spiro atoms. The second-order valence-electron chi connectivity index (χ2n) is 10.4. The van der Waals surface area contributed by atoms with Gasteiger partial charge in [-0.2, -0.15) is 11.8 Å². The summed E-state index contributed by atoms with van der Waals surface area (Å²) in [6.45, 7) is 0.276. The van der Waals surface area contributed by atoms with E-state index in [4.69, 9.17) is 4.74 Å². The third-order valence-electron chi connectivity index (χ3n) is 8.04. The Labute approximate surface area is 242 Å². The highest BCUT2D eigenvalue weighted by Crippen LogP contribution is 2.46. The third-order valence-corrected chi connectivity index (χ3v) is 8.69. The van der Waals surface area contributed by atoms with Gasteiger partial charge in [-0.05, 0) is 47.8 Å². The summed E-state index contributed by atoms with van der Waals surface area (Å²) in [6.07, 6.45) is 2.79. The average Bonchev–Trinajstić information content (AvgIpc) is 3.53. The van der Waals surface area contributed by atoms with Crippen LogP contribution in [0.2, 0.25) is 0 Å². The van der Waals surface area contributed by atoms with E-state index in [1.54, 1.807) is 23.8 Å². The topological polar surface area (TPSA) is 104 Å². The summed E-state index contributed by atoms with van der Waals surface area (Å²) >= 11 is 1.61. The Morgan fingerprint density at radius 2 is 1.83 bits per heavy atom. The van der Waals surface area contributed by atoms with Crippen molar-refractivity contribution in [2.75, 3.05) is 19.1 Å². The summed E-state index contributed by atoms with van der Waals surface area (Å²) in [5.74, 6) is 0.616. The molecule has 0 bridgehead atoms. The standard InChI is InChI=1S/C32H32N4O4S/c1-40-27-14-8-3-9-19(27)18-33-30(37)25(15-16-41-2)35-31(38)26-17-23-20-10-6-7-13-24(20)34-28(23)29-21-11-4-5-12-22(21)32(39)36(26)29/h3-14,25-26,29,34H,15-18H2,1-2H3,(H,33,37)(H,35,38). The molecule has 210 valence electrons. The molecule has 9 heteroatoms. The van der Waals surface area contributed by atoms with Gasteiger partial charge in [0.2, 0.25) is 11.8 Å². The van der Waals surface area contributed by atoms with Crippen LogP contribution in [0.4, 0.5) is 0 Å². The molecule has 3 unspecified atom stereocenters. The highest BCUT2D eigenvalue weighted by atomic mass is 32.2. The van der Waals surface area contributed by atoms with Crippen molar-refractivity contribution >= 4 is 40.4 Å². The molecule has 41 heavy (non-hydrogen) atoms. The minimum Gasteiger partial charge on any atom is -0.496 e. The Balaban J connectivity index is 1.29. The van der Waals surface area contributed by atoms with Gasteiger partial charge in [-0.3, -0.25) is 14.4 Å². The first kappa shape index (κ1) is 27.0. The number of aromatic amines is 1. The van der Waals surface area contributed by atoms with Crippen LogP contribution >= 0.6 is 11.8 Å². The Hall–Kier alpha value is -4.24. The van der Waals surface area contributed by atoms with Crippen molar-refractivity contribution in [1.82, 2.24) is 20.5 Å². The van der Waals surface area contributed by atoms with E-state index in [0.717, 1.165) is 33.3 Å². The van der Waals surface area contributed by atoms with Gasteiger partial charge in [-0.1, -0.05) is 54.6 Å². The molecule has 0 saturated carbocycles. The van der Waals surface area contributed by atoms with Gasteiger partial charge in [0.1, 0.15) is 17.8 Å². The lowest BCUT2D eigenvalue weighted by atomic mass is 9.89. The molecule has 0 fully saturated rings. The Kier molecular flexibility index (Phi) is 7.45. The van der Waals surface area contributed by atoms with E-state index in [9.17, 15) is 14.4 Å². The quantitative estimate of drug-likeness (QED) is 0.281. The lowest BCUT2D eigenvalue weighted by Crippen LogP contribution is -2.56. The van der Waals surface area contributed by atoms with E-state index in [0.29, 0.717) is 29.9 Å². The van der Waals surface area contributed by atoms with Crippen molar-refractivity contribution in [3.05, 3.63) is 101 Å². The molecule has 8 nitrogen and oxygen atoms in total. The van der Waals surface area contributed by atoms with Crippen LogP contribution in [-0.2, 0) is 22.6 Å². The van der Waals surface area contributed by atoms with Crippen molar-refractivity contribution < 1.29 is 19.1 Å². The van der Waals surface area contributed by atoms with Gasteiger partial charge in [-0.25, -0.2) is 0 Å². The molecule has 2 aliphatic rings. The van der Waals surface area contributed by atoms with Gasteiger partial charge in [0, 0.05) is 40.7 Å². The Morgan fingerprint density at radius 1 is 1.07 bits per heavy atom. The molecule has 4 aromatic rings. The first-order chi connectivity index (χ1) is 20.0. The normalized spacial score (nSPS) is 17.9. The lowest BCUT2D eigenvalue weighted by Gasteiger charge is -2.37. The van der Waals surface area contributed by atoms with Gasteiger partial charge in [0.15, 0.2) is 0 Å². The number of H-pyrrole nitrogens is 1. The van der Waals surface area contributed by atoms with Crippen LogP contribution in [0.5, 0.6) is 5.75 Å². The zero-order valence-electron chi connectivity index (χ0n) is 23.0. The van der Waals surface area contributed by atoms with Crippen LogP contribution in [0.15, 0.2) is 72.8 Å². The lowest BCUT2D eigenvalue weighted by molar-refractivity contribution is -0.132. The zero-order chi connectivity index (χ0) is 28.5. The fraction of sp³-hybridized carbons (Fsp3) is 0.281. The summed E-state index contributed by atoms with van der Waals surface area (Å²) < 4.78 is 5.41. The van der Waals surface area contributed by atoms with E-state index >= 15 is 0 Å². The minimum absolute atomic E-state index is 0.170. The van der Waals surface area contributed by atoms with Crippen molar-refractivity contribution in [1.29, 1.82) is 0 Å². The first-order valence-corrected chi connectivity index (χ1v) is 15.1. The molecule has 0 radical (unpaired) electrons. The molecule has 3 atom stereocenters. The van der Waals surface area contributed by atoms with Gasteiger partial charge >= 0.3 is 0 Å². The summed E-state index contributed by atoms with van der Waals surface area (Å²) in [7, 11) is 1.59. The number of para-hydroxylation sites is 2. The number of carbonyl (C=O) groups is 3. The predicted molar refractivity (Wildman–Crippen MR) is 160 cm³/mol. The number of nitrogens with zero attached hydrogens (tertiary/aromatic N) is 1. The summed E-state index contributed by atoms with van der Waals surface area (Å²) in [4.78, 5) is 46.4. The van der Waals surface area contributed by atoms with E-state index in [2.05, 4.69) is 15.6 Å². The second-order valence-corrected chi connectivity index (χ2v) is 11.3. The highest BCUT2D eigenvalue weighted by Gasteiger charge is 2.49. The third kappa shape index (κ3) is 4.84. The number of hydrogen-bond acceptors (Lipinski definition) is 5. The molecule has 2 aliphatic heterocycles. The first-order valence-electron chi connectivity index (χ1n) is 13.7. The van der Waals surface area contributed by atoms with Crippen LogP contribution in [0.25, 0.3) is 10.9 Å². The SMILES string of the molecule is COc1ccccc1CNC(=O)C(CCSC)NC(=O)C1Cc2c([nH]c3ccccc23)C2c3ccccc3C(=O)N12. The summed E-state index contributed by atoms with van der Waals surface area (Å²) in [6, 6.07) is 21.2. The van der Waals surface area contributed by atoms with Gasteiger partial charge in [-0.15, -0.1) is 0 Å². The number of nitrogens with one attached hydrogen (secondary N) is 3. The molecule has 0 aliphatic carbocycles. The average molecular weight is 569 g/mol. The number of ether oxygens (including phenoxy) is 1. The van der Waals surface area contributed by atoms with E-state index in [1.807, 2.05) is 79.1 Å². The summed E-state index contributed by atoms with van der Waals surface area (Å²) in [5.41, 5.74) is 5.30. The molecule has 6 rings (SSSR count). The van der Waals surface area contributed by atoms with Crippen LogP contribution in [-0.4, -0.2) is 58.8 Å². The second kappa shape index (κ2) is 11.3. The van der Waals surface area contributed by atoms with Crippen LogP contribution in [0.1, 0.15) is 45.2 Å². The molecular weight excluding hydrogens is 536 g/mol. The van der Waals surface area contributed by atoms with Crippen molar-refractivity contribution in [2.24, 2.45) is 0 Å². The number of methoxy groups -OCH3 is 1. The molecule has 3 N–H and O–H groups in total. The van der Waals surface area contributed by atoms with Crippen LogP contribution in [0, 0.1) is 0 Å². The van der Waals surface area contributed by atoms with E-state index in [-0.39, 0.29) is 24.3 Å². The number of carbonyl (C=O) groups excluding carboxylic acids is 3. The number of fused-ring (bicyclic) bond motifs is 7. The fourth-order valence-corrected chi connectivity index (χ4v) is 6.54. The molecule has 3 amide bonds. The van der Waals surface area contributed by atoms with Gasteiger partial charge in [0.25, 0.3) is 5.91 Å². The molecular formula is C32H32N4O4S. The van der Waals surface area contributed by atoms with Crippen LogP contribution in [0.3, 0.4) is 0 Å². The number of hydrogen-bond donors (Lipinski definition) is 3. The van der Waals surface area contributed by atoms with E-state index < -0.39 is 18.1 Å². The van der Waals surface area contributed by atoms with Crippen molar-refractivity contribution in [3.8, 4) is 5.75 Å². The minimum atomic E-state index is -0.759. The van der Waals surface area contributed by atoms with Crippen molar-refractivity contribution in [3.63, 3.8) is 0 Å². The fourth-order valence-electron chi connectivity index (χ4n) is 6.06. The largest absolute Gasteiger partial charge is 0.496 e. The maximum Gasteiger partial charge on any atom is 0.255 e. The number of aromatic nitrogens is 1. The van der Waals surface area contributed by atoms with Crippen LogP contribution < -0.4 is 15.4 Å². The van der Waals surface area contributed by atoms with E-state index in [1.165, 1.54) is 0 Å². The maximum absolute atomic E-state index is 14.0.